The fourth-order valence-corrected chi connectivity index (χ4v) is 3.74. The molecule has 2 N–H and O–H groups in total. The van der Waals surface area contributed by atoms with Crippen molar-refractivity contribution in [3.05, 3.63) is 59.8 Å². The van der Waals surface area contributed by atoms with Crippen molar-refractivity contribution in [1.82, 2.24) is 9.78 Å². The van der Waals surface area contributed by atoms with Gasteiger partial charge >= 0.3 is 6.36 Å². The Bertz CT molecular complexity index is 1220. The molecule has 0 saturated carbocycles. The number of nitrogens with zero attached hydrogens (tertiary/aromatic N) is 2. The number of methoxy groups -OCH3 is 1. The van der Waals surface area contributed by atoms with Gasteiger partial charge in [-0.1, -0.05) is 35.9 Å². The Morgan fingerprint density at radius 2 is 1.94 bits per heavy atom. The first-order valence-corrected chi connectivity index (χ1v) is 10.3. The molecule has 8 nitrogen and oxygen atoms in total. The van der Waals surface area contributed by atoms with Crippen LogP contribution in [0.15, 0.2) is 48.5 Å². The average molecular weight is 474 g/mol. The van der Waals surface area contributed by atoms with Gasteiger partial charge in [-0.3, -0.25) is 9.59 Å². The summed E-state index contributed by atoms with van der Waals surface area (Å²) >= 11 is 0. The number of halogens is 3. The molecule has 0 bridgehead atoms. The fraction of sp³-hybridized carbons (Fsp3) is 0.261. The molecule has 0 radical (unpaired) electrons. The normalized spacial score (nSPS) is 15.1. The van der Waals surface area contributed by atoms with Gasteiger partial charge in [-0.25, -0.2) is 4.68 Å². The maximum atomic E-state index is 12.7. The van der Waals surface area contributed by atoms with E-state index in [0.717, 1.165) is 23.3 Å². The van der Waals surface area contributed by atoms with Crippen LogP contribution in [0.3, 0.4) is 0 Å². The summed E-state index contributed by atoms with van der Waals surface area (Å²) < 4.78 is 47.9. The van der Waals surface area contributed by atoms with Crippen LogP contribution in [0.4, 0.5) is 24.7 Å². The SMILES string of the molecule is COCc1nn2c(c1-c1ccc(C)cc1)NC(=O)C2CC(=O)Nc1cccc(OC(F)(F)F)c1. The van der Waals surface area contributed by atoms with Crippen LogP contribution in [-0.2, 0) is 20.9 Å². The number of aromatic nitrogens is 2. The maximum absolute atomic E-state index is 12.7. The highest BCUT2D eigenvalue weighted by molar-refractivity contribution is 6.04. The van der Waals surface area contributed by atoms with Crippen molar-refractivity contribution in [3.63, 3.8) is 0 Å². The number of hydrogen-bond acceptors (Lipinski definition) is 5. The predicted octanol–water partition coefficient (Wildman–Crippen LogP) is 4.43. The van der Waals surface area contributed by atoms with Gasteiger partial charge in [0.25, 0.3) is 5.91 Å². The number of rotatable bonds is 7. The lowest BCUT2D eigenvalue weighted by Crippen LogP contribution is -2.24. The highest BCUT2D eigenvalue weighted by Gasteiger charge is 2.37. The van der Waals surface area contributed by atoms with Gasteiger partial charge in [-0.05, 0) is 24.6 Å². The van der Waals surface area contributed by atoms with Gasteiger partial charge in [0.15, 0.2) is 0 Å². The van der Waals surface area contributed by atoms with E-state index < -0.39 is 30.0 Å². The third-order valence-corrected chi connectivity index (χ3v) is 5.17. The van der Waals surface area contributed by atoms with Gasteiger partial charge in [0.1, 0.15) is 17.6 Å². The second kappa shape index (κ2) is 9.18. The molecule has 2 amide bonds. The number of carbonyl (C=O) groups is 2. The van der Waals surface area contributed by atoms with E-state index in [1.807, 2.05) is 31.2 Å². The largest absolute Gasteiger partial charge is 0.573 e. The third-order valence-electron chi connectivity index (χ3n) is 5.17. The van der Waals surface area contributed by atoms with Crippen LogP contribution < -0.4 is 15.4 Å². The molecule has 1 aliphatic rings. The van der Waals surface area contributed by atoms with Crippen molar-refractivity contribution in [3.8, 4) is 16.9 Å². The minimum atomic E-state index is -4.85. The van der Waals surface area contributed by atoms with Gasteiger partial charge in [0.05, 0.1) is 18.7 Å². The van der Waals surface area contributed by atoms with Crippen LogP contribution >= 0.6 is 0 Å². The number of carbonyl (C=O) groups excluding carboxylic acids is 2. The summed E-state index contributed by atoms with van der Waals surface area (Å²) in [6.45, 7) is 2.16. The molecule has 0 fully saturated rings. The Hall–Kier alpha value is -3.86. The number of benzene rings is 2. The summed E-state index contributed by atoms with van der Waals surface area (Å²) in [5.41, 5.74) is 3.32. The zero-order valence-corrected chi connectivity index (χ0v) is 18.3. The highest BCUT2D eigenvalue weighted by Crippen LogP contribution is 2.39. The lowest BCUT2D eigenvalue weighted by atomic mass is 10.0. The Balaban J connectivity index is 1.55. The summed E-state index contributed by atoms with van der Waals surface area (Å²) in [6.07, 6.45) is -5.12. The molecule has 11 heteroatoms. The van der Waals surface area contributed by atoms with Crippen LogP contribution in [0.25, 0.3) is 11.1 Å². The van der Waals surface area contributed by atoms with E-state index in [1.165, 1.54) is 23.9 Å². The van der Waals surface area contributed by atoms with Gasteiger partial charge in [-0.15, -0.1) is 13.2 Å². The average Bonchev–Trinajstić information content (AvgIpc) is 3.23. The van der Waals surface area contributed by atoms with Crippen LogP contribution in [0.1, 0.15) is 23.7 Å². The van der Waals surface area contributed by atoms with E-state index in [1.54, 1.807) is 0 Å². The van der Waals surface area contributed by atoms with E-state index in [4.69, 9.17) is 4.74 Å². The predicted molar refractivity (Wildman–Crippen MR) is 117 cm³/mol. The number of nitrogens with one attached hydrogen (secondary N) is 2. The first-order valence-electron chi connectivity index (χ1n) is 10.3. The number of hydrogen-bond donors (Lipinski definition) is 2. The summed E-state index contributed by atoms with van der Waals surface area (Å²) in [7, 11) is 1.53. The smallest absolute Gasteiger partial charge is 0.406 e. The number of anilines is 2. The van der Waals surface area contributed by atoms with Crippen LogP contribution in [-0.4, -0.2) is 35.1 Å². The molecule has 34 heavy (non-hydrogen) atoms. The van der Waals surface area contributed by atoms with Gasteiger partial charge in [0, 0.05) is 24.4 Å². The first kappa shape index (κ1) is 23.3. The van der Waals surface area contributed by atoms with Crippen molar-refractivity contribution in [1.29, 1.82) is 0 Å². The molecule has 0 spiro atoms. The molecule has 2 heterocycles. The third kappa shape index (κ3) is 5.04. The topological polar surface area (TPSA) is 94.5 Å². The molecule has 1 aromatic heterocycles. The second-order valence-electron chi connectivity index (χ2n) is 7.75. The van der Waals surface area contributed by atoms with E-state index in [2.05, 4.69) is 20.5 Å². The number of aryl methyl sites for hydroxylation is 1. The Morgan fingerprint density at radius 1 is 1.21 bits per heavy atom. The van der Waals surface area contributed by atoms with Crippen LogP contribution in [0.2, 0.25) is 0 Å². The zero-order valence-electron chi connectivity index (χ0n) is 18.3. The van der Waals surface area contributed by atoms with E-state index in [0.29, 0.717) is 17.1 Å². The van der Waals surface area contributed by atoms with E-state index in [9.17, 15) is 22.8 Å². The molecule has 4 rings (SSSR count). The minimum Gasteiger partial charge on any atom is -0.406 e. The van der Waals surface area contributed by atoms with Crippen molar-refractivity contribution in [2.24, 2.45) is 0 Å². The fourth-order valence-electron chi connectivity index (χ4n) is 3.74. The van der Waals surface area contributed by atoms with E-state index >= 15 is 0 Å². The molecule has 0 aliphatic carbocycles. The minimum absolute atomic E-state index is 0.103. The van der Waals surface area contributed by atoms with Crippen molar-refractivity contribution in [2.45, 2.75) is 32.4 Å². The summed E-state index contributed by atoms with van der Waals surface area (Å²) in [4.78, 5) is 25.3. The Labute approximate surface area is 192 Å². The van der Waals surface area contributed by atoms with Gasteiger partial charge in [-0.2, -0.15) is 5.10 Å². The van der Waals surface area contributed by atoms with Crippen molar-refractivity contribution < 1.29 is 32.2 Å². The Kier molecular flexibility index (Phi) is 6.29. The molecule has 0 saturated heterocycles. The zero-order chi connectivity index (χ0) is 24.5. The molecule has 3 aromatic rings. The summed E-state index contributed by atoms with van der Waals surface area (Å²) in [6, 6.07) is 11.7. The molecule has 1 aliphatic heterocycles. The van der Waals surface area contributed by atoms with Crippen LogP contribution in [0, 0.1) is 6.92 Å². The number of ether oxygens (including phenoxy) is 2. The summed E-state index contributed by atoms with van der Waals surface area (Å²) in [5.74, 6) is -0.994. The lowest BCUT2D eigenvalue weighted by molar-refractivity contribution is -0.274. The number of fused-ring (bicyclic) bond motifs is 1. The molecule has 178 valence electrons. The molecule has 1 unspecified atom stereocenters. The molecule has 2 aromatic carbocycles. The number of alkyl halides is 3. The standard InChI is InChI=1S/C23H21F3N4O4/c1-13-6-8-14(9-7-13)20-17(12-33-2)29-30-18(22(32)28-21(20)30)11-19(31)27-15-4-3-5-16(10-15)34-23(24,25)26/h3-10,18H,11-12H2,1-2H3,(H,27,31)(H,28,32). The van der Waals surface area contributed by atoms with Gasteiger partial charge in [0.2, 0.25) is 5.91 Å². The second-order valence-corrected chi connectivity index (χ2v) is 7.75. The Morgan fingerprint density at radius 3 is 2.62 bits per heavy atom. The molecular formula is C23H21F3N4O4. The number of amides is 2. The molecule has 1 atom stereocenters. The maximum Gasteiger partial charge on any atom is 0.573 e. The van der Waals surface area contributed by atoms with Gasteiger partial charge < -0.3 is 20.1 Å². The van der Waals surface area contributed by atoms with Crippen molar-refractivity contribution >= 4 is 23.3 Å². The van der Waals surface area contributed by atoms with Crippen LogP contribution in [0.5, 0.6) is 5.75 Å². The molecular weight excluding hydrogens is 453 g/mol. The monoisotopic (exact) mass is 474 g/mol. The highest BCUT2D eigenvalue weighted by atomic mass is 19.4. The van der Waals surface area contributed by atoms with E-state index in [-0.39, 0.29) is 18.7 Å². The quantitative estimate of drug-likeness (QED) is 0.529. The lowest BCUT2D eigenvalue weighted by Gasteiger charge is -2.12. The summed E-state index contributed by atoms with van der Waals surface area (Å²) in [5, 5.41) is 9.80. The first-order chi connectivity index (χ1) is 16.1. The van der Waals surface area contributed by atoms with Crippen molar-refractivity contribution in [2.75, 3.05) is 17.7 Å².